The summed E-state index contributed by atoms with van der Waals surface area (Å²) in [6, 6.07) is 7.51. The number of carbonyl (C=O) groups excluding carboxylic acids is 2. The van der Waals surface area contributed by atoms with E-state index in [0.29, 0.717) is 19.5 Å². The fraction of sp³-hybridized carbons (Fsp3) is 0.467. The maximum atomic E-state index is 11.6. The quantitative estimate of drug-likeness (QED) is 0.861. The van der Waals surface area contributed by atoms with Gasteiger partial charge in [-0.05, 0) is 37.0 Å². The number of likely N-dealkylation sites (tertiary alicyclic amines) is 1. The fourth-order valence-electron chi connectivity index (χ4n) is 2.17. The van der Waals surface area contributed by atoms with Crippen molar-refractivity contribution in [2.24, 2.45) is 0 Å². The van der Waals surface area contributed by atoms with Crippen LogP contribution >= 0.6 is 0 Å². The lowest BCUT2D eigenvalue weighted by Gasteiger charge is -2.14. The first-order valence-corrected chi connectivity index (χ1v) is 7.06. The Labute approximate surface area is 124 Å². The first-order valence-electron chi connectivity index (χ1n) is 7.06. The number of hydrogen-bond donors (Lipinski definition) is 1. The summed E-state index contributed by atoms with van der Waals surface area (Å²) in [7, 11) is 1.61. The minimum Gasteiger partial charge on any atom is -0.497 e. The number of benzene rings is 1. The zero-order valence-electron chi connectivity index (χ0n) is 12.1. The van der Waals surface area contributed by atoms with Gasteiger partial charge in [0.1, 0.15) is 5.75 Å². The second kappa shape index (κ2) is 7.52. The molecular weight excluding hydrogens is 272 g/mol. The lowest BCUT2D eigenvalue weighted by atomic mass is 10.1. The standard InChI is InChI=1S/C15H20N2O4/c1-20-13-7-4-12(5-8-13)6-9-14(18)16-21-15(19)17-10-2-3-11-17/h4-5,7-8H,2-3,6,9-11H2,1H3,(H,16,18). The van der Waals surface area contributed by atoms with E-state index in [4.69, 9.17) is 9.57 Å². The highest BCUT2D eigenvalue weighted by atomic mass is 16.7. The molecule has 1 aromatic carbocycles. The van der Waals surface area contributed by atoms with Gasteiger partial charge in [-0.2, -0.15) is 5.48 Å². The van der Waals surface area contributed by atoms with Crippen LogP contribution in [0.5, 0.6) is 5.75 Å². The van der Waals surface area contributed by atoms with E-state index in [0.717, 1.165) is 24.2 Å². The summed E-state index contributed by atoms with van der Waals surface area (Å²) in [6.45, 7) is 1.39. The number of amides is 2. The van der Waals surface area contributed by atoms with Gasteiger partial charge in [0, 0.05) is 19.5 Å². The number of hydrogen-bond acceptors (Lipinski definition) is 4. The van der Waals surface area contributed by atoms with E-state index >= 15 is 0 Å². The maximum absolute atomic E-state index is 11.6. The third-order valence-electron chi connectivity index (χ3n) is 3.42. The van der Waals surface area contributed by atoms with Gasteiger partial charge >= 0.3 is 6.09 Å². The fourth-order valence-corrected chi connectivity index (χ4v) is 2.17. The van der Waals surface area contributed by atoms with Gasteiger partial charge in [-0.3, -0.25) is 4.79 Å². The van der Waals surface area contributed by atoms with Crippen molar-refractivity contribution in [3.05, 3.63) is 29.8 Å². The van der Waals surface area contributed by atoms with E-state index in [9.17, 15) is 9.59 Å². The highest BCUT2D eigenvalue weighted by Gasteiger charge is 2.20. The number of hydroxylamine groups is 1. The SMILES string of the molecule is COc1ccc(CCC(=O)NOC(=O)N2CCCC2)cc1. The molecule has 0 radical (unpaired) electrons. The zero-order chi connectivity index (χ0) is 15.1. The van der Waals surface area contributed by atoms with E-state index in [1.165, 1.54) is 0 Å². The molecule has 1 saturated heterocycles. The minimum absolute atomic E-state index is 0.264. The van der Waals surface area contributed by atoms with Crippen LogP contribution in [-0.4, -0.2) is 37.1 Å². The zero-order valence-corrected chi connectivity index (χ0v) is 12.1. The molecule has 6 heteroatoms. The summed E-state index contributed by atoms with van der Waals surface area (Å²) in [5.74, 6) is 0.473. The first kappa shape index (κ1) is 15.2. The van der Waals surface area contributed by atoms with Crippen LogP contribution < -0.4 is 10.2 Å². The van der Waals surface area contributed by atoms with Gasteiger partial charge < -0.3 is 14.5 Å². The van der Waals surface area contributed by atoms with Crippen molar-refractivity contribution >= 4 is 12.0 Å². The summed E-state index contributed by atoms with van der Waals surface area (Å²) < 4.78 is 5.07. The Bertz CT molecular complexity index is 481. The minimum atomic E-state index is -0.481. The normalized spacial score (nSPS) is 13.9. The average molecular weight is 292 g/mol. The molecule has 0 spiro atoms. The van der Waals surface area contributed by atoms with Crippen LogP contribution in [0.15, 0.2) is 24.3 Å². The second-order valence-corrected chi connectivity index (χ2v) is 4.94. The predicted octanol–water partition coefficient (Wildman–Crippen LogP) is 1.89. The molecule has 0 saturated carbocycles. The van der Waals surface area contributed by atoms with E-state index in [1.54, 1.807) is 12.0 Å². The van der Waals surface area contributed by atoms with Gasteiger partial charge in [0.05, 0.1) is 7.11 Å². The second-order valence-electron chi connectivity index (χ2n) is 4.94. The largest absolute Gasteiger partial charge is 0.497 e. The highest BCUT2D eigenvalue weighted by Crippen LogP contribution is 2.12. The third-order valence-corrected chi connectivity index (χ3v) is 3.42. The van der Waals surface area contributed by atoms with Gasteiger partial charge in [0.15, 0.2) is 0 Å². The molecule has 2 amide bonds. The Morgan fingerprint density at radius 1 is 1.19 bits per heavy atom. The van der Waals surface area contributed by atoms with E-state index in [2.05, 4.69) is 5.48 Å². The third kappa shape index (κ3) is 4.66. The van der Waals surface area contributed by atoms with Crippen LogP contribution in [0.2, 0.25) is 0 Å². The van der Waals surface area contributed by atoms with E-state index < -0.39 is 6.09 Å². The van der Waals surface area contributed by atoms with Gasteiger partial charge in [-0.25, -0.2) is 4.79 Å². The monoisotopic (exact) mass is 292 g/mol. The van der Waals surface area contributed by atoms with Crippen LogP contribution in [0.25, 0.3) is 0 Å². The van der Waals surface area contributed by atoms with Crippen LogP contribution in [0, 0.1) is 0 Å². The van der Waals surface area contributed by atoms with Crippen molar-refractivity contribution in [2.45, 2.75) is 25.7 Å². The van der Waals surface area contributed by atoms with Crippen molar-refractivity contribution in [3.63, 3.8) is 0 Å². The molecule has 1 heterocycles. The topological polar surface area (TPSA) is 67.9 Å². The molecule has 1 aromatic rings. The molecule has 0 aliphatic carbocycles. The summed E-state index contributed by atoms with van der Waals surface area (Å²) in [5, 5.41) is 0. The molecule has 21 heavy (non-hydrogen) atoms. The number of aryl methyl sites for hydroxylation is 1. The van der Waals surface area contributed by atoms with Gasteiger partial charge in [-0.1, -0.05) is 12.1 Å². The van der Waals surface area contributed by atoms with Crippen LogP contribution in [0.1, 0.15) is 24.8 Å². The number of nitrogens with zero attached hydrogens (tertiary/aromatic N) is 1. The number of carbonyl (C=O) groups is 2. The molecule has 0 bridgehead atoms. The Balaban J connectivity index is 1.67. The molecule has 0 aromatic heterocycles. The van der Waals surface area contributed by atoms with Gasteiger partial charge in [0.2, 0.25) is 0 Å². The van der Waals surface area contributed by atoms with Crippen molar-refractivity contribution < 1.29 is 19.2 Å². The molecule has 1 aliphatic heterocycles. The van der Waals surface area contributed by atoms with E-state index in [1.807, 2.05) is 24.3 Å². The Morgan fingerprint density at radius 2 is 1.86 bits per heavy atom. The van der Waals surface area contributed by atoms with Crippen molar-refractivity contribution in [3.8, 4) is 5.75 Å². The summed E-state index contributed by atoms with van der Waals surface area (Å²) in [6.07, 6.45) is 2.34. The van der Waals surface area contributed by atoms with Crippen LogP contribution in [-0.2, 0) is 16.1 Å². The molecule has 1 N–H and O–H groups in total. The average Bonchev–Trinajstić information content (AvgIpc) is 3.05. The molecule has 2 rings (SSSR count). The maximum Gasteiger partial charge on any atom is 0.434 e. The van der Waals surface area contributed by atoms with Gasteiger partial charge in [-0.15, -0.1) is 0 Å². The molecular formula is C15H20N2O4. The number of rotatable bonds is 4. The van der Waals surface area contributed by atoms with Crippen LogP contribution in [0.4, 0.5) is 4.79 Å². The molecule has 6 nitrogen and oxygen atoms in total. The molecule has 0 unspecified atom stereocenters. The number of ether oxygens (including phenoxy) is 1. The summed E-state index contributed by atoms with van der Waals surface area (Å²) in [5.41, 5.74) is 3.22. The smallest absolute Gasteiger partial charge is 0.434 e. The number of methoxy groups -OCH3 is 1. The summed E-state index contributed by atoms with van der Waals surface area (Å²) in [4.78, 5) is 29.6. The van der Waals surface area contributed by atoms with Gasteiger partial charge in [0.25, 0.3) is 5.91 Å². The highest BCUT2D eigenvalue weighted by molar-refractivity contribution is 5.77. The molecule has 0 atom stereocenters. The number of nitrogens with one attached hydrogen (secondary N) is 1. The van der Waals surface area contributed by atoms with Crippen molar-refractivity contribution in [1.82, 2.24) is 10.4 Å². The molecule has 1 aliphatic rings. The van der Waals surface area contributed by atoms with Crippen LogP contribution in [0.3, 0.4) is 0 Å². The predicted molar refractivity (Wildman–Crippen MR) is 76.7 cm³/mol. The van der Waals surface area contributed by atoms with Crippen molar-refractivity contribution in [1.29, 1.82) is 0 Å². The Morgan fingerprint density at radius 3 is 2.48 bits per heavy atom. The molecule has 1 fully saturated rings. The molecule has 114 valence electrons. The van der Waals surface area contributed by atoms with Crippen molar-refractivity contribution in [2.75, 3.05) is 20.2 Å². The first-order chi connectivity index (χ1) is 10.2. The lowest BCUT2D eigenvalue weighted by Crippen LogP contribution is -2.35. The Hall–Kier alpha value is -2.24. The Kier molecular flexibility index (Phi) is 5.43. The lowest BCUT2D eigenvalue weighted by molar-refractivity contribution is -0.130. The van der Waals surface area contributed by atoms with E-state index in [-0.39, 0.29) is 12.3 Å². The summed E-state index contributed by atoms with van der Waals surface area (Å²) >= 11 is 0.